The number of nitrogens with one attached hydrogen (secondary N) is 1. The van der Waals surface area contributed by atoms with Crippen molar-refractivity contribution in [1.82, 2.24) is 0 Å². The van der Waals surface area contributed by atoms with Crippen LogP contribution in [-0.4, -0.2) is 11.0 Å². The molecule has 2 aromatic rings. The average molecular weight is 269 g/mol. The molecule has 0 aliphatic carbocycles. The summed E-state index contributed by atoms with van der Waals surface area (Å²) in [5.41, 5.74) is 3.73. The van der Waals surface area contributed by atoms with E-state index in [9.17, 15) is 9.90 Å². The lowest BCUT2D eigenvalue weighted by Gasteiger charge is -2.08. The molecular formula is C17H19NO2. The minimum atomic E-state index is -0.493. The molecule has 2 N–H and O–H groups in total. The number of aliphatic hydroxyl groups is 1. The molecule has 2 rings (SSSR count). The van der Waals surface area contributed by atoms with Gasteiger partial charge < -0.3 is 10.4 Å². The van der Waals surface area contributed by atoms with E-state index >= 15 is 0 Å². The summed E-state index contributed by atoms with van der Waals surface area (Å²) in [6, 6.07) is 15.1. The van der Waals surface area contributed by atoms with Gasteiger partial charge in [-0.05, 0) is 37.1 Å². The predicted molar refractivity (Wildman–Crippen MR) is 80.6 cm³/mol. The zero-order chi connectivity index (χ0) is 14.5. The van der Waals surface area contributed by atoms with Crippen LogP contribution in [0.4, 0.5) is 5.69 Å². The molecule has 0 saturated carbocycles. The fourth-order valence-electron chi connectivity index (χ4n) is 2.06. The molecule has 3 nitrogen and oxygen atoms in total. The highest BCUT2D eigenvalue weighted by Gasteiger charge is 2.05. The van der Waals surface area contributed by atoms with E-state index in [1.165, 1.54) is 0 Å². The summed E-state index contributed by atoms with van der Waals surface area (Å²) in [4.78, 5) is 12.0. The number of benzene rings is 2. The summed E-state index contributed by atoms with van der Waals surface area (Å²) in [6.07, 6.45) is -0.133. The lowest BCUT2D eigenvalue weighted by atomic mass is 10.1. The van der Waals surface area contributed by atoms with Crippen LogP contribution in [0.2, 0.25) is 0 Å². The Hall–Kier alpha value is -2.13. The Kier molecular flexibility index (Phi) is 4.53. The van der Waals surface area contributed by atoms with E-state index in [0.717, 1.165) is 22.4 Å². The molecule has 104 valence electrons. The maximum atomic E-state index is 12.0. The minimum absolute atomic E-state index is 0.0413. The second kappa shape index (κ2) is 6.35. The highest BCUT2D eigenvalue weighted by atomic mass is 16.3. The van der Waals surface area contributed by atoms with Crippen molar-refractivity contribution in [2.24, 2.45) is 0 Å². The molecule has 0 aliphatic rings. The van der Waals surface area contributed by atoms with Crippen LogP contribution in [0.25, 0.3) is 0 Å². The molecule has 0 bridgehead atoms. The number of amides is 1. The van der Waals surface area contributed by atoms with Gasteiger partial charge in [0.1, 0.15) is 0 Å². The van der Waals surface area contributed by atoms with Crippen LogP contribution < -0.4 is 5.32 Å². The van der Waals surface area contributed by atoms with Gasteiger partial charge in [0.2, 0.25) is 5.91 Å². The first-order valence-electron chi connectivity index (χ1n) is 6.68. The average Bonchev–Trinajstić information content (AvgIpc) is 2.39. The van der Waals surface area contributed by atoms with Crippen molar-refractivity contribution in [3.63, 3.8) is 0 Å². The standard InChI is InChI=1S/C17H19NO2/c1-12-4-3-5-14(10-12)11-17(20)18-16-8-6-15(7-9-16)13(2)19/h3-10,13,19H,11H2,1-2H3,(H,18,20). The van der Waals surface area contributed by atoms with E-state index < -0.39 is 6.10 Å². The van der Waals surface area contributed by atoms with Gasteiger partial charge in [-0.25, -0.2) is 0 Å². The van der Waals surface area contributed by atoms with E-state index in [-0.39, 0.29) is 5.91 Å². The normalized spacial score (nSPS) is 11.9. The summed E-state index contributed by atoms with van der Waals surface area (Å²) in [5, 5.41) is 12.3. The first kappa shape index (κ1) is 14.3. The van der Waals surface area contributed by atoms with E-state index in [2.05, 4.69) is 5.32 Å². The Bertz CT molecular complexity index is 588. The number of hydrogen-bond acceptors (Lipinski definition) is 2. The van der Waals surface area contributed by atoms with Gasteiger partial charge in [-0.2, -0.15) is 0 Å². The number of aliphatic hydroxyl groups excluding tert-OH is 1. The first-order valence-corrected chi connectivity index (χ1v) is 6.68. The van der Waals surface area contributed by atoms with Crippen molar-refractivity contribution in [2.45, 2.75) is 26.4 Å². The van der Waals surface area contributed by atoms with Crippen LogP contribution in [-0.2, 0) is 11.2 Å². The highest BCUT2D eigenvalue weighted by Crippen LogP contribution is 2.16. The molecule has 0 fully saturated rings. The molecule has 20 heavy (non-hydrogen) atoms. The maximum Gasteiger partial charge on any atom is 0.228 e. The fraction of sp³-hybridized carbons (Fsp3) is 0.235. The van der Waals surface area contributed by atoms with E-state index in [1.54, 1.807) is 19.1 Å². The molecule has 0 aromatic heterocycles. The molecule has 2 aromatic carbocycles. The highest BCUT2D eigenvalue weighted by molar-refractivity contribution is 5.92. The summed E-state index contributed by atoms with van der Waals surface area (Å²) in [7, 11) is 0. The molecule has 0 radical (unpaired) electrons. The second-order valence-corrected chi connectivity index (χ2v) is 5.01. The van der Waals surface area contributed by atoms with Gasteiger partial charge in [-0.1, -0.05) is 42.0 Å². The van der Waals surface area contributed by atoms with Gasteiger partial charge in [0.15, 0.2) is 0 Å². The largest absolute Gasteiger partial charge is 0.389 e. The Morgan fingerprint density at radius 2 is 1.90 bits per heavy atom. The van der Waals surface area contributed by atoms with Crippen molar-refractivity contribution < 1.29 is 9.90 Å². The summed E-state index contributed by atoms with van der Waals surface area (Å²) < 4.78 is 0. The third-order valence-corrected chi connectivity index (χ3v) is 3.12. The SMILES string of the molecule is Cc1cccc(CC(=O)Nc2ccc(C(C)O)cc2)c1. The number of carbonyl (C=O) groups is 1. The van der Waals surface area contributed by atoms with Gasteiger partial charge in [-0.3, -0.25) is 4.79 Å². The summed E-state index contributed by atoms with van der Waals surface area (Å²) in [6.45, 7) is 3.72. The smallest absolute Gasteiger partial charge is 0.228 e. The number of rotatable bonds is 4. The molecule has 0 saturated heterocycles. The number of anilines is 1. The summed E-state index contributed by atoms with van der Waals surface area (Å²) in [5.74, 6) is -0.0413. The Labute approximate surface area is 119 Å². The van der Waals surface area contributed by atoms with Crippen LogP contribution in [0.1, 0.15) is 29.7 Å². The first-order chi connectivity index (χ1) is 9.54. The topological polar surface area (TPSA) is 49.3 Å². The van der Waals surface area contributed by atoms with Crippen LogP contribution >= 0.6 is 0 Å². The van der Waals surface area contributed by atoms with Crippen molar-refractivity contribution in [3.8, 4) is 0 Å². The van der Waals surface area contributed by atoms with Crippen LogP contribution in [0.15, 0.2) is 48.5 Å². The molecule has 0 spiro atoms. The molecule has 0 heterocycles. The van der Waals surface area contributed by atoms with E-state index in [1.807, 2.05) is 43.3 Å². The lowest BCUT2D eigenvalue weighted by molar-refractivity contribution is -0.115. The number of hydrogen-bond donors (Lipinski definition) is 2. The molecule has 0 aliphatic heterocycles. The maximum absolute atomic E-state index is 12.0. The third kappa shape index (κ3) is 3.93. The monoisotopic (exact) mass is 269 g/mol. The van der Waals surface area contributed by atoms with E-state index in [4.69, 9.17) is 0 Å². The molecule has 1 amide bonds. The van der Waals surface area contributed by atoms with Crippen LogP contribution in [0.3, 0.4) is 0 Å². The predicted octanol–water partition coefficient (Wildman–Crippen LogP) is 3.23. The van der Waals surface area contributed by atoms with Gasteiger partial charge in [0, 0.05) is 5.69 Å². The quantitative estimate of drug-likeness (QED) is 0.895. The molecule has 3 heteroatoms. The van der Waals surface area contributed by atoms with Gasteiger partial charge in [0.25, 0.3) is 0 Å². The van der Waals surface area contributed by atoms with Crippen molar-refractivity contribution in [2.75, 3.05) is 5.32 Å². The van der Waals surface area contributed by atoms with Crippen molar-refractivity contribution >= 4 is 11.6 Å². The number of aryl methyl sites for hydroxylation is 1. The van der Waals surface area contributed by atoms with Gasteiger partial charge in [-0.15, -0.1) is 0 Å². The second-order valence-electron chi connectivity index (χ2n) is 5.01. The van der Waals surface area contributed by atoms with Crippen LogP contribution in [0, 0.1) is 6.92 Å². The minimum Gasteiger partial charge on any atom is -0.389 e. The zero-order valence-corrected chi connectivity index (χ0v) is 11.8. The molecular weight excluding hydrogens is 250 g/mol. The van der Waals surface area contributed by atoms with Gasteiger partial charge >= 0.3 is 0 Å². The number of carbonyl (C=O) groups excluding carboxylic acids is 1. The third-order valence-electron chi connectivity index (χ3n) is 3.12. The zero-order valence-electron chi connectivity index (χ0n) is 11.8. The Balaban J connectivity index is 1.97. The van der Waals surface area contributed by atoms with Gasteiger partial charge in [0.05, 0.1) is 12.5 Å². The van der Waals surface area contributed by atoms with Crippen molar-refractivity contribution in [3.05, 3.63) is 65.2 Å². The van der Waals surface area contributed by atoms with Crippen LogP contribution in [0.5, 0.6) is 0 Å². The Morgan fingerprint density at radius 1 is 1.20 bits per heavy atom. The molecule has 1 atom stereocenters. The lowest BCUT2D eigenvalue weighted by Crippen LogP contribution is -2.14. The van der Waals surface area contributed by atoms with Crippen molar-refractivity contribution in [1.29, 1.82) is 0 Å². The Morgan fingerprint density at radius 3 is 2.50 bits per heavy atom. The summed E-state index contributed by atoms with van der Waals surface area (Å²) >= 11 is 0. The fourth-order valence-corrected chi connectivity index (χ4v) is 2.06. The molecule has 1 unspecified atom stereocenters. The van der Waals surface area contributed by atoms with E-state index in [0.29, 0.717) is 6.42 Å².